The lowest BCUT2D eigenvalue weighted by atomic mass is 9.92. The highest BCUT2D eigenvalue weighted by Gasteiger charge is 2.20. The first-order valence-electron chi connectivity index (χ1n) is 7.31. The molecule has 21 heavy (non-hydrogen) atoms. The van der Waals surface area contributed by atoms with E-state index in [2.05, 4.69) is 15.2 Å². The van der Waals surface area contributed by atoms with Crippen LogP contribution in [0.15, 0.2) is 18.3 Å². The summed E-state index contributed by atoms with van der Waals surface area (Å²) in [5, 5.41) is 2.58. The molecular formula is C15H22N4O2. The van der Waals surface area contributed by atoms with Gasteiger partial charge in [0.2, 0.25) is 5.91 Å². The van der Waals surface area contributed by atoms with Crippen LogP contribution >= 0.6 is 0 Å². The number of nitrogens with one attached hydrogen (secondary N) is 1. The number of primary amides is 1. The van der Waals surface area contributed by atoms with Crippen molar-refractivity contribution >= 4 is 17.6 Å². The van der Waals surface area contributed by atoms with Crippen LogP contribution in [0.2, 0.25) is 0 Å². The maximum absolute atomic E-state index is 11.5. The number of carbonyl (C=O) groups is 2. The Morgan fingerprint density at radius 2 is 2.10 bits per heavy atom. The fourth-order valence-corrected chi connectivity index (χ4v) is 2.65. The minimum Gasteiger partial charge on any atom is -0.370 e. The molecule has 1 aliphatic heterocycles. The van der Waals surface area contributed by atoms with Crippen molar-refractivity contribution in [3.63, 3.8) is 0 Å². The molecule has 2 amide bonds. The molecule has 0 bridgehead atoms. The average Bonchev–Trinajstić information content (AvgIpc) is 2.53. The lowest BCUT2D eigenvalue weighted by molar-refractivity contribution is -0.118. The maximum atomic E-state index is 11.5. The monoisotopic (exact) mass is 290 g/mol. The number of aromatic nitrogens is 1. The SMILES string of the molecule is CNC(=O)c1ccc(N2CCC(CCC(N)=O)CC2)nc1. The summed E-state index contributed by atoms with van der Waals surface area (Å²) in [5.74, 6) is 1.12. The lowest BCUT2D eigenvalue weighted by Gasteiger charge is -2.32. The zero-order valence-corrected chi connectivity index (χ0v) is 12.3. The molecule has 1 fully saturated rings. The van der Waals surface area contributed by atoms with E-state index in [0.29, 0.717) is 17.9 Å². The predicted octanol–water partition coefficient (Wildman–Crippen LogP) is 0.923. The van der Waals surface area contributed by atoms with Crippen molar-refractivity contribution in [3.05, 3.63) is 23.9 Å². The zero-order valence-electron chi connectivity index (χ0n) is 12.3. The van der Waals surface area contributed by atoms with Crippen molar-refractivity contribution in [2.75, 3.05) is 25.0 Å². The Kier molecular flexibility index (Phi) is 5.14. The van der Waals surface area contributed by atoms with E-state index in [-0.39, 0.29) is 11.8 Å². The summed E-state index contributed by atoms with van der Waals surface area (Å²) in [6.07, 6.45) is 5.06. The normalized spacial score (nSPS) is 15.8. The smallest absolute Gasteiger partial charge is 0.252 e. The van der Waals surface area contributed by atoms with Crippen LogP contribution in [0, 0.1) is 5.92 Å². The number of amides is 2. The highest BCUT2D eigenvalue weighted by Crippen LogP contribution is 2.24. The highest BCUT2D eigenvalue weighted by molar-refractivity contribution is 5.93. The molecule has 3 N–H and O–H groups in total. The Bertz CT molecular complexity index is 493. The van der Waals surface area contributed by atoms with Crippen LogP contribution in [0.25, 0.3) is 0 Å². The molecule has 2 heterocycles. The summed E-state index contributed by atoms with van der Waals surface area (Å²) in [6.45, 7) is 1.85. The molecule has 0 unspecified atom stereocenters. The van der Waals surface area contributed by atoms with Crippen LogP contribution < -0.4 is 16.0 Å². The van der Waals surface area contributed by atoms with Crippen LogP contribution in [0.5, 0.6) is 0 Å². The van der Waals surface area contributed by atoms with Gasteiger partial charge in [0.15, 0.2) is 0 Å². The van der Waals surface area contributed by atoms with E-state index in [9.17, 15) is 9.59 Å². The van der Waals surface area contributed by atoms with Gasteiger partial charge in [-0.3, -0.25) is 9.59 Å². The number of nitrogens with two attached hydrogens (primary N) is 1. The fourth-order valence-electron chi connectivity index (χ4n) is 2.65. The fraction of sp³-hybridized carbons (Fsp3) is 0.533. The topological polar surface area (TPSA) is 88.3 Å². The molecule has 0 saturated carbocycles. The van der Waals surface area contributed by atoms with E-state index in [1.54, 1.807) is 19.3 Å². The minimum absolute atomic E-state index is 0.126. The number of hydrogen-bond donors (Lipinski definition) is 2. The average molecular weight is 290 g/mol. The number of hydrogen-bond acceptors (Lipinski definition) is 4. The van der Waals surface area contributed by atoms with Gasteiger partial charge < -0.3 is 16.0 Å². The maximum Gasteiger partial charge on any atom is 0.252 e. The second kappa shape index (κ2) is 7.06. The van der Waals surface area contributed by atoms with Crippen molar-refractivity contribution < 1.29 is 9.59 Å². The van der Waals surface area contributed by atoms with Crippen molar-refractivity contribution in [1.29, 1.82) is 0 Å². The van der Waals surface area contributed by atoms with Crippen molar-refractivity contribution in [3.8, 4) is 0 Å². The number of carbonyl (C=O) groups excluding carboxylic acids is 2. The third kappa shape index (κ3) is 4.18. The third-order valence-corrected chi connectivity index (χ3v) is 3.97. The first kappa shape index (κ1) is 15.3. The molecule has 1 aromatic heterocycles. The van der Waals surface area contributed by atoms with Gasteiger partial charge in [0.05, 0.1) is 5.56 Å². The quantitative estimate of drug-likeness (QED) is 0.844. The van der Waals surface area contributed by atoms with Crippen molar-refractivity contribution in [2.45, 2.75) is 25.7 Å². The van der Waals surface area contributed by atoms with Gasteiger partial charge in [-0.15, -0.1) is 0 Å². The van der Waals surface area contributed by atoms with Gasteiger partial charge in [-0.1, -0.05) is 0 Å². The molecule has 6 nitrogen and oxygen atoms in total. The van der Waals surface area contributed by atoms with E-state index < -0.39 is 0 Å². The number of anilines is 1. The van der Waals surface area contributed by atoms with E-state index in [0.717, 1.165) is 38.2 Å². The van der Waals surface area contributed by atoms with E-state index in [1.807, 2.05) is 6.07 Å². The summed E-state index contributed by atoms with van der Waals surface area (Å²) in [5.41, 5.74) is 5.75. The van der Waals surface area contributed by atoms with Crippen LogP contribution in [-0.4, -0.2) is 36.9 Å². The number of piperidine rings is 1. The van der Waals surface area contributed by atoms with Gasteiger partial charge in [0.1, 0.15) is 5.82 Å². The Morgan fingerprint density at radius 1 is 1.38 bits per heavy atom. The molecule has 0 spiro atoms. The van der Waals surface area contributed by atoms with Gasteiger partial charge in [-0.05, 0) is 37.3 Å². The zero-order chi connectivity index (χ0) is 15.2. The molecule has 0 radical (unpaired) electrons. The van der Waals surface area contributed by atoms with E-state index in [1.165, 1.54) is 0 Å². The second-order valence-corrected chi connectivity index (χ2v) is 5.42. The van der Waals surface area contributed by atoms with Gasteiger partial charge in [0, 0.05) is 32.8 Å². The van der Waals surface area contributed by atoms with Gasteiger partial charge >= 0.3 is 0 Å². The van der Waals surface area contributed by atoms with Crippen molar-refractivity contribution in [2.24, 2.45) is 11.7 Å². The van der Waals surface area contributed by atoms with Crippen molar-refractivity contribution in [1.82, 2.24) is 10.3 Å². The predicted molar refractivity (Wildman–Crippen MR) is 81.0 cm³/mol. The molecule has 0 aromatic carbocycles. The Balaban J connectivity index is 1.87. The summed E-state index contributed by atoms with van der Waals surface area (Å²) >= 11 is 0. The number of pyridine rings is 1. The molecule has 2 rings (SSSR count). The first-order chi connectivity index (χ1) is 10.1. The minimum atomic E-state index is -0.219. The Labute approximate surface area is 124 Å². The summed E-state index contributed by atoms with van der Waals surface area (Å²) in [4.78, 5) is 28.9. The Hall–Kier alpha value is -2.11. The lowest BCUT2D eigenvalue weighted by Crippen LogP contribution is -2.34. The van der Waals surface area contributed by atoms with Gasteiger partial charge in [-0.25, -0.2) is 4.98 Å². The molecule has 0 aliphatic carbocycles. The van der Waals surface area contributed by atoms with Crippen LogP contribution in [-0.2, 0) is 4.79 Å². The molecule has 114 valence electrons. The summed E-state index contributed by atoms with van der Waals surface area (Å²) < 4.78 is 0. The highest BCUT2D eigenvalue weighted by atomic mass is 16.1. The largest absolute Gasteiger partial charge is 0.370 e. The van der Waals surface area contributed by atoms with Crippen LogP contribution in [0.1, 0.15) is 36.0 Å². The van der Waals surface area contributed by atoms with Gasteiger partial charge in [-0.2, -0.15) is 0 Å². The standard InChI is InChI=1S/C15H22N4O2/c1-17-15(21)12-3-5-14(18-10-12)19-8-6-11(7-9-19)2-4-13(16)20/h3,5,10-11H,2,4,6-9H2,1H3,(H2,16,20)(H,17,21). The van der Waals surface area contributed by atoms with E-state index >= 15 is 0 Å². The number of nitrogens with zero attached hydrogens (tertiary/aromatic N) is 2. The Morgan fingerprint density at radius 3 is 2.62 bits per heavy atom. The van der Waals surface area contributed by atoms with E-state index in [4.69, 9.17) is 5.73 Å². The molecule has 6 heteroatoms. The third-order valence-electron chi connectivity index (χ3n) is 3.97. The van der Waals surface area contributed by atoms with Gasteiger partial charge in [0.25, 0.3) is 5.91 Å². The van der Waals surface area contributed by atoms with Crippen LogP contribution in [0.3, 0.4) is 0 Å². The molecule has 1 saturated heterocycles. The molecule has 1 aliphatic rings. The first-order valence-corrected chi connectivity index (χ1v) is 7.31. The molecule has 1 aromatic rings. The molecular weight excluding hydrogens is 268 g/mol. The summed E-state index contributed by atoms with van der Waals surface area (Å²) in [7, 11) is 1.60. The second-order valence-electron chi connectivity index (χ2n) is 5.42. The summed E-state index contributed by atoms with van der Waals surface area (Å²) in [6, 6.07) is 3.68. The molecule has 0 atom stereocenters. The van der Waals surface area contributed by atoms with Crippen LogP contribution in [0.4, 0.5) is 5.82 Å². The number of rotatable bonds is 5.